The van der Waals surface area contributed by atoms with Gasteiger partial charge in [0.2, 0.25) is 0 Å². The van der Waals surface area contributed by atoms with Crippen molar-refractivity contribution in [3.8, 4) is 11.4 Å². The third kappa shape index (κ3) is 3.12. The molecule has 0 atom stereocenters. The van der Waals surface area contributed by atoms with E-state index in [2.05, 4.69) is 48.8 Å². The molecule has 6 heteroatoms. The standard InChI is InChI=1S/C13H12Br2FN3/c1-2-3-10-11(15)12(17)19-13(18-10)8-5-4-7(16)6-9(8)14/h4-6H,2-3H2,1H3,(H2,17,18,19). The van der Waals surface area contributed by atoms with Gasteiger partial charge in [0.25, 0.3) is 0 Å². The first-order valence-electron chi connectivity index (χ1n) is 5.80. The summed E-state index contributed by atoms with van der Waals surface area (Å²) in [5, 5.41) is 0. The van der Waals surface area contributed by atoms with Crippen LogP contribution in [0, 0.1) is 5.82 Å². The summed E-state index contributed by atoms with van der Waals surface area (Å²) in [6.07, 6.45) is 1.76. The maximum Gasteiger partial charge on any atom is 0.162 e. The van der Waals surface area contributed by atoms with Crippen LogP contribution < -0.4 is 5.73 Å². The molecule has 0 unspecified atom stereocenters. The van der Waals surface area contributed by atoms with Crippen molar-refractivity contribution in [3.05, 3.63) is 38.7 Å². The predicted octanol–water partition coefficient (Wildman–Crippen LogP) is 4.34. The van der Waals surface area contributed by atoms with Crippen molar-refractivity contribution in [2.75, 3.05) is 5.73 Å². The van der Waals surface area contributed by atoms with E-state index in [1.807, 2.05) is 0 Å². The highest BCUT2D eigenvalue weighted by Crippen LogP contribution is 2.30. The van der Waals surface area contributed by atoms with Gasteiger partial charge in [0, 0.05) is 10.0 Å². The van der Waals surface area contributed by atoms with Crippen LogP contribution in [0.2, 0.25) is 0 Å². The molecule has 0 saturated heterocycles. The summed E-state index contributed by atoms with van der Waals surface area (Å²) in [4.78, 5) is 8.74. The molecule has 0 aliphatic heterocycles. The maximum absolute atomic E-state index is 13.1. The largest absolute Gasteiger partial charge is 0.383 e. The topological polar surface area (TPSA) is 51.8 Å². The van der Waals surface area contributed by atoms with E-state index < -0.39 is 0 Å². The van der Waals surface area contributed by atoms with E-state index in [1.165, 1.54) is 12.1 Å². The minimum absolute atomic E-state index is 0.311. The van der Waals surface area contributed by atoms with Crippen LogP contribution in [0.3, 0.4) is 0 Å². The van der Waals surface area contributed by atoms with Gasteiger partial charge in [0.05, 0.1) is 10.2 Å². The van der Waals surface area contributed by atoms with Crippen LogP contribution in [0.15, 0.2) is 27.1 Å². The molecule has 0 saturated carbocycles. The van der Waals surface area contributed by atoms with Gasteiger partial charge >= 0.3 is 0 Å². The Kier molecular flexibility index (Phi) is 4.52. The molecule has 1 aromatic carbocycles. The number of nitrogens with zero attached hydrogens (tertiary/aromatic N) is 2. The summed E-state index contributed by atoms with van der Waals surface area (Å²) in [6.45, 7) is 2.07. The molecule has 0 amide bonds. The molecule has 0 fully saturated rings. The second kappa shape index (κ2) is 5.96. The smallest absolute Gasteiger partial charge is 0.162 e. The van der Waals surface area contributed by atoms with Crippen LogP contribution in [0.25, 0.3) is 11.4 Å². The Morgan fingerprint density at radius 3 is 2.63 bits per heavy atom. The number of hydrogen-bond donors (Lipinski definition) is 1. The highest BCUT2D eigenvalue weighted by molar-refractivity contribution is 9.11. The highest BCUT2D eigenvalue weighted by Gasteiger charge is 2.13. The Hall–Kier alpha value is -1.01. The van der Waals surface area contributed by atoms with Crippen molar-refractivity contribution < 1.29 is 4.39 Å². The molecule has 2 N–H and O–H groups in total. The van der Waals surface area contributed by atoms with E-state index >= 15 is 0 Å². The van der Waals surface area contributed by atoms with Gasteiger partial charge in [-0.2, -0.15) is 0 Å². The van der Waals surface area contributed by atoms with Gasteiger partial charge in [0.1, 0.15) is 11.6 Å². The van der Waals surface area contributed by atoms with Gasteiger partial charge < -0.3 is 5.73 Å². The van der Waals surface area contributed by atoms with Crippen LogP contribution in [-0.4, -0.2) is 9.97 Å². The maximum atomic E-state index is 13.1. The predicted molar refractivity (Wildman–Crippen MR) is 81.2 cm³/mol. The van der Waals surface area contributed by atoms with E-state index in [9.17, 15) is 4.39 Å². The van der Waals surface area contributed by atoms with E-state index in [4.69, 9.17) is 5.73 Å². The fraction of sp³-hybridized carbons (Fsp3) is 0.231. The lowest BCUT2D eigenvalue weighted by Gasteiger charge is -2.09. The Bertz CT molecular complexity index is 617. The van der Waals surface area contributed by atoms with Crippen LogP contribution in [-0.2, 0) is 6.42 Å². The van der Waals surface area contributed by atoms with Crippen molar-refractivity contribution in [2.45, 2.75) is 19.8 Å². The fourth-order valence-electron chi connectivity index (χ4n) is 1.71. The number of hydrogen-bond acceptors (Lipinski definition) is 3. The molecule has 2 aromatic rings. The van der Waals surface area contributed by atoms with E-state index in [0.717, 1.165) is 28.6 Å². The molecular formula is C13H12Br2FN3. The molecule has 100 valence electrons. The number of anilines is 1. The number of aromatic nitrogens is 2. The Balaban J connectivity index is 2.56. The molecular weight excluding hydrogens is 377 g/mol. The van der Waals surface area contributed by atoms with Gasteiger partial charge in [-0.05, 0) is 56.5 Å². The van der Waals surface area contributed by atoms with Crippen LogP contribution >= 0.6 is 31.9 Å². The first-order valence-corrected chi connectivity index (χ1v) is 7.38. The van der Waals surface area contributed by atoms with Crippen LogP contribution in [0.1, 0.15) is 19.0 Å². The average molecular weight is 389 g/mol. The lowest BCUT2D eigenvalue weighted by molar-refractivity contribution is 0.627. The van der Waals surface area contributed by atoms with Crippen molar-refractivity contribution >= 4 is 37.7 Å². The third-order valence-electron chi connectivity index (χ3n) is 2.60. The summed E-state index contributed by atoms with van der Waals surface area (Å²) in [5.41, 5.74) is 7.46. The molecule has 3 nitrogen and oxygen atoms in total. The lowest BCUT2D eigenvalue weighted by Crippen LogP contribution is -2.03. The minimum Gasteiger partial charge on any atom is -0.383 e. The summed E-state index contributed by atoms with van der Waals surface area (Å²) >= 11 is 6.71. The Morgan fingerprint density at radius 1 is 1.26 bits per heavy atom. The van der Waals surface area contributed by atoms with Crippen molar-refractivity contribution in [1.29, 1.82) is 0 Å². The van der Waals surface area contributed by atoms with Gasteiger partial charge in [-0.3, -0.25) is 0 Å². The molecule has 1 heterocycles. The first-order chi connectivity index (χ1) is 9.02. The molecule has 19 heavy (non-hydrogen) atoms. The number of nitrogens with two attached hydrogens (primary N) is 1. The molecule has 2 rings (SSSR count). The minimum atomic E-state index is -0.311. The summed E-state index contributed by atoms with van der Waals surface area (Å²) < 4.78 is 14.4. The molecule has 0 radical (unpaired) electrons. The first kappa shape index (κ1) is 14.4. The Morgan fingerprint density at radius 2 is 2.00 bits per heavy atom. The van der Waals surface area contributed by atoms with E-state index in [-0.39, 0.29) is 5.82 Å². The fourth-order valence-corrected chi connectivity index (χ4v) is 2.61. The SMILES string of the molecule is CCCc1nc(-c2ccc(F)cc2Br)nc(N)c1Br. The van der Waals surface area contributed by atoms with Gasteiger partial charge in [0.15, 0.2) is 5.82 Å². The normalized spacial score (nSPS) is 10.7. The summed E-state index contributed by atoms with van der Waals surface area (Å²) in [5.74, 6) is 0.579. The molecule has 0 aliphatic carbocycles. The quantitative estimate of drug-likeness (QED) is 0.850. The Labute approximate surface area is 127 Å². The number of rotatable bonds is 3. The van der Waals surface area contributed by atoms with Crippen molar-refractivity contribution in [1.82, 2.24) is 9.97 Å². The highest BCUT2D eigenvalue weighted by atomic mass is 79.9. The number of halogens is 3. The zero-order valence-electron chi connectivity index (χ0n) is 10.3. The average Bonchev–Trinajstić information content (AvgIpc) is 2.35. The van der Waals surface area contributed by atoms with E-state index in [1.54, 1.807) is 6.07 Å². The second-order valence-corrected chi connectivity index (χ2v) is 5.71. The lowest BCUT2D eigenvalue weighted by atomic mass is 10.2. The molecule has 1 aromatic heterocycles. The second-order valence-electron chi connectivity index (χ2n) is 4.07. The molecule has 0 aliphatic rings. The molecule has 0 bridgehead atoms. The van der Waals surface area contributed by atoms with E-state index in [0.29, 0.717) is 16.1 Å². The zero-order valence-corrected chi connectivity index (χ0v) is 13.4. The van der Waals surface area contributed by atoms with Crippen molar-refractivity contribution in [3.63, 3.8) is 0 Å². The summed E-state index contributed by atoms with van der Waals surface area (Å²) in [7, 11) is 0. The van der Waals surface area contributed by atoms with Crippen LogP contribution in [0.4, 0.5) is 10.2 Å². The molecule has 0 spiro atoms. The summed E-state index contributed by atoms with van der Waals surface area (Å²) in [6, 6.07) is 4.40. The van der Waals surface area contributed by atoms with Gasteiger partial charge in [-0.15, -0.1) is 0 Å². The monoisotopic (exact) mass is 387 g/mol. The van der Waals surface area contributed by atoms with Crippen LogP contribution in [0.5, 0.6) is 0 Å². The number of aryl methyl sites for hydroxylation is 1. The van der Waals surface area contributed by atoms with Crippen molar-refractivity contribution in [2.24, 2.45) is 0 Å². The van der Waals surface area contributed by atoms with Gasteiger partial charge in [-0.1, -0.05) is 13.3 Å². The number of nitrogen functional groups attached to an aromatic ring is 1. The zero-order chi connectivity index (χ0) is 14.0. The van der Waals surface area contributed by atoms with Gasteiger partial charge in [-0.25, -0.2) is 14.4 Å². The number of benzene rings is 1. The third-order valence-corrected chi connectivity index (χ3v) is 4.12.